The van der Waals surface area contributed by atoms with E-state index >= 15 is 0 Å². The Kier molecular flexibility index (Phi) is 4.40. The number of fused-ring (bicyclic) bond motifs is 1. The van der Waals surface area contributed by atoms with E-state index in [2.05, 4.69) is 31.4 Å². The SMILES string of the molecule is CNCCOc1ccc(-c2n[nH]c3cc(Br)ccc23)c(F)c1. The molecule has 0 aliphatic rings. The Morgan fingerprint density at radius 3 is 2.91 bits per heavy atom. The molecule has 3 aromatic rings. The van der Waals surface area contributed by atoms with Gasteiger partial charge in [0, 0.05) is 28.0 Å². The van der Waals surface area contributed by atoms with Crippen molar-refractivity contribution < 1.29 is 9.13 Å². The number of nitrogens with zero attached hydrogens (tertiary/aromatic N) is 1. The van der Waals surface area contributed by atoms with Crippen LogP contribution in [0.15, 0.2) is 40.9 Å². The first kappa shape index (κ1) is 15.0. The minimum Gasteiger partial charge on any atom is -0.492 e. The molecule has 4 nitrogen and oxygen atoms in total. The number of rotatable bonds is 5. The molecule has 0 radical (unpaired) electrons. The van der Waals surface area contributed by atoms with E-state index in [1.807, 2.05) is 25.2 Å². The zero-order valence-corrected chi connectivity index (χ0v) is 13.6. The maximum Gasteiger partial charge on any atom is 0.136 e. The van der Waals surface area contributed by atoms with Crippen LogP contribution in [0.2, 0.25) is 0 Å². The fourth-order valence-corrected chi connectivity index (χ4v) is 2.61. The van der Waals surface area contributed by atoms with Crippen LogP contribution >= 0.6 is 15.9 Å². The summed E-state index contributed by atoms with van der Waals surface area (Å²) in [4.78, 5) is 0. The van der Waals surface area contributed by atoms with Crippen molar-refractivity contribution in [3.8, 4) is 17.0 Å². The summed E-state index contributed by atoms with van der Waals surface area (Å²) in [6.45, 7) is 1.21. The van der Waals surface area contributed by atoms with Crippen LogP contribution in [0.4, 0.5) is 4.39 Å². The lowest BCUT2D eigenvalue weighted by Crippen LogP contribution is -2.15. The van der Waals surface area contributed by atoms with Gasteiger partial charge in [-0.05, 0) is 37.4 Å². The highest BCUT2D eigenvalue weighted by Gasteiger charge is 2.13. The molecule has 0 amide bonds. The second-order valence-corrected chi connectivity index (χ2v) is 5.77. The lowest BCUT2D eigenvalue weighted by molar-refractivity contribution is 0.317. The normalized spacial score (nSPS) is 11.0. The number of likely N-dealkylation sites (N-methyl/N-ethyl adjacent to an activating group) is 1. The van der Waals surface area contributed by atoms with E-state index in [4.69, 9.17) is 4.74 Å². The number of benzene rings is 2. The number of hydrogen-bond donors (Lipinski definition) is 2. The van der Waals surface area contributed by atoms with Gasteiger partial charge >= 0.3 is 0 Å². The van der Waals surface area contributed by atoms with Crippen molar-refractivity contribution in [3.05, 3.63) is 46.7 Å². The van der Waals surface area contributed by atoms with Gasteiger partial charge in [0.15, 0.2) is 0 Å². The first-order valence-electron chi connectivity index (χ1n) is 6.90. The summed E-state index contributed by atoms with van der Waals surface area (Å²) >= 11 is 3.41. The maximum absolute atomic E-state index is 14.4. The summed E-state index contributed by atoms with van der Waals surface area (Å²) in [5, 5.41) is 11.0. The minimum absolute atomic E-state index is 0.349. The lowest BCUT2D eigenvalue weighted by Gasteiger charge is -2.07. The molecular formula is C16H15BrFN3O. The Labute approximate surface area is 135 Å². The molecule has 1 aromatic heterocycles. The zero-order valence-electron chi connectivity index (χ0n) is 12.0. The van der Waals surface area contributed by atoms with Crippen molar-refractivity contribution >= 4 is 26.8 Å². The molecule has 2 aromatic carbocycles. The van der Waals surface area contributed by atoms with Crippen molar-refractivity contribution in [2.24, 2.45) is 0 Å². The fraction of sp³-hybridized carbons (Fsp3) is 0.188. The number of hydrogen-bond acceptors (Lipinski definition) is 3. The van der Waals surface area contributed by atoms with Crippen molar-refractivity contribution in [3.63, 3.8) is 0 Å². The Morgan fingerprint density at radius 1 is 1.27 bits per heavy atom. The first-order chi connectivity index (χ1) is 10.7. The van der Waals surface area contributed by atoms with Crippen LogP contribution < -0.4 is 10.1 Å². The largest absolute Gasteiger partial charge is 0.492 e. The summed E-state index contributed by atoms with van der Waals surface area (Å²) in [5.41, 5.74) is 1.91. The average Bonchev–Trinajstić information content (AvgIpc) is 2.90. The number of ether oxygens (including phenoxy) is 1. The number of aromatic amines is 1. The molecule has 0 aliphatic carbocycles. The highest BCUT2D eigenvalue weighted by Crippen LogP contribution is 2.31. The molecule has 0 fully saturated rings. The summed E-state index contributed by atoms with van der Waals surface area (Å²) in [6.07, 6.45) is 0. The second-order valence-electron chi connectivity index (χ2n) is 4.86. The standard InChI is InChI=1S/C16H15BrFN3O/c1-19-6-7-22-11-3-5-12(14(18)9-11)16-13-4-2-10(17)8-15(13)20-21-16/h2-5,8-9,19H,6-7H2,1H3,(H,20,21). The summed E-state index contributed by atoms with van der Waals surface area (Å²) in [5.74, 6) is 0.164. The molecule has 2 N–H and O–H groups in total. The van der Waals surface area contributed by atoms with Crippen LogP contribution in [0.5, 0.6) is 5.75 Å². The van der Waals surface area contributed by atoms with E-state index in [9.17, 15) is 4.39 Å². The lowest BCUT2D eigenvalue weighted by atomic mass is 10.1. The molecule has 1 heterocycles. The molecule has 0 bridgehead atoms. The third kappa shape index (κ3) is 2.98. The number of H-pyrrole nitrogens is 1. The highest BCUT2D eigenvalue weighted by atomic mass is 79.9. The quantitative estimate of drug-likeness (QED) is 0.679. The Morgan fingerprint density at radius 2 is 2.14 bits per heavy atom. The second kappa shape index (κ2) is 6.46. The predicted molar refractivity (Wildman–Crippen MR) is 88.6 cm³/mol. The predicted octanol–water partition coefficient (Wildman–Crippen LogP) is 3.73. The molecule has 3 rings (SSSR count). The van der Waals surface area contributed by atoms with Gasteiger partial charge in [0.25, 0.3) is 0 Å². The van der Waals surface area contributed by atoms with E-state index in [1.54, 1.807) is 12.1 Å². The Hall–Kier alpha value is -1.92. The molecule has 0 atom stereocenters. The summed E-state index contributed by atoms with van der Waals surface area (Å²) in [7, 11) is 1.84. The molecule has 22 heavy (non-hydrogen) atoms. The molecule has 0 saturated heterocycles. The number of aromatic nitrogens is 2. The van der Waals surface area contributed by atoms with Crippen LogP contribution in [-0.4, -0.2) is 30.4 Å². The molecule has 114 valence electrons. The van der Waals surface area contributed by atoms with Crippen molar-refractivity contribution in [2.45, 2.75) is 0 Å². The van der Waals surface area contributed by atoms with Crippen LogP contribution in [0, 0.1) is 5.82 Å². The first-order valence-corrected chi connectivity index (χ1v) is 7.69. The third-order valence-corrected chi connectivity index (χ3v) is 3.83. The van der Waals surface area contributed by atoms with Gasteiger partial charge in [-0.25, -0.2) is 4.39 Å². The monoisotopic (exact) mass is 363 g/mol. The molecule has 0 spiro atoms. The van der Waals surface area contributed by atoms with Crippen molar-refractivity contribution in [2.75, 3.05) is 20.2 Å². The topological polar surface area (TPSA) is 49.9 Å². The van der Waals surface area contributed by atoms with Crippen molar-refractivity contribution in [1.29, 1.82) is 0 Å². The number of nitrogens with one attached hydrogen (secondary N) is 2. The van der Waals surface area contributed by atoms with Crippen LogP contribution in [0.25, 0.3) is 22.2 Å². The minimum atomic E-state index is -0.349. The van der Waals surface area contributed by atoms with Gasteiger partial charge in [-0.2, -0.15) is 5.10 Å². The van der Waals surface area contributed by atoms with Gasteiger partial charge in [0.2, 0.25) is 0 Å². The van der Waals surface area contributed by atoms with Crippen molar-refractivity contribution in [1.82, 2.24) is 15.5 Å². The summed E-state index contributed by atoms with van der Waals surface area (Å²) < 4.78 is 20.8. The van der Waals surface area contributed by atoms with E-state index < -0.39 is 0 Å². The van der Waals surface area contributed by atoms with Gasteiger partial charge in [0.05, 0.1) is 5.52 Å². The molecule has 0 saturated carbocycles. The van der Waals surface area contributed by atoms with E-state index in [1.165, 1.54) is 6.07 Å². The van der Waals surface area contributed by atoms with Gasteiger partial charge in [-0.15, -0.1) is 0 Å². The maximum atomic E-state index is 14.4. The molecule has 0 aliphatic heterocycles. The third-order valence-electron chi connectivity index (χ3n) is 3.34. The summed E-state index contributed by atoms with van der Waals surface area (Å²) in [6, 6.07) is 10.6. The van der Waals surface area contributed by atoms with E-state index in [-0.39, 0.29) is 5.82 Å². The smallest absolute Gasteiger partial charge is 0.136 e. The Balaban J connectivity index is 1.93. The van der Waals surface area contributed by atoms with Gasteiger partial charge in [-0.3, -0.25) is 5.10 Å². The molecule has 6 heteroatoms. The number of halogens is 2. The average molecular weight is 364 g/mol. The molecule has 0 unspecified atom stereocenters. The Bertz CT molecular complexity index is 803. The highest BCUT2D eigenvalue weighted by molar-refractivity contribution is 9.10. The van der Waals surface area contributed by atoms with Gasteiger partial charge < -0.3 is 10.1 Å². The van der Waals surface area contributed by atoms with Gasteiger partial charge in [-0.1, -0.05) is 15.9 Å². The van der Waals surface area contributed by atoms with Gasteiger partial charge in [0.1, 0.15) is 23.9 Å². The van der Waals surface area contributed by atoms with E-state index in [0.717, 1.165) is 15.4 Å². The zero-order chi connectivity index (χ0) is 15.5. The van der Waals surface area contributed by atoms with Crippen LogP contribution in [0.1, 0.15) is 0 Å². The fourth-order valence-electron chi connectivity index (χ4n) is 2.25. The molecular weight excluding hydrogens is 349 g/mol. The van der Waals surface area contributed by atoms with E-state index in [0.29, 0.717) is 30.2 Å². The van der Waals surface area contributed by atoms with Crippen LogP contribution in [-0.2, 0) is 0 Å². The van der Waals surface area contributed by atoms with Crippen LogP contribution in [0.3, 0.4) is 0 Å².